The molecule has 0 aromatic heterocycles. The molecule has 2 bridgehead atoms. The Morgan fingerprint density at radius 2 is 1.55 bits per heavy atom. The van der Waals surface area contributed by atoms with Crippen molar-refractivity contribution in [1.82, 2.24) is 4.90 Å². The maximum absolute atomic E-state index is 15.1. The number of alkyl halides is 3. The van der Waals surface area contributed by atoms with Crippen LogP contribution in [0.15, 0.2) is 133 Å². The summed E-state index contributed by atoms with van der Waals surface area (Å²) in [7, 11) is 1.54. The monoisotopic (exact) mass is 846 g/mol. The Labute approximate surface area is 361 Å². The van der Waals surface area contributed by atoms with Crippen LogP contribution >= 0.6 is 0 Å². The van der Waals surface area contributed by atoms with Gasteiger partial charge in [-0.25, -0.2) is 4.79 Å². The third kappa shape index (κ3) is 10.1. The van der Waals surface area contributed by atoms with Gasteiger partial charge in [-0.3, -0.25) is 4.79 Å². The van der Waals surface area contributed by atoms with Crippen LogP contribution in [0.3, 0.4) is 0 Å². The number of allylic oxidation sites excluding steroid dienone is 2. The molecule has 0 aliphatic heterocycles. The average molecular weight is 847 g/mol. The van der Waals surface area contributed by atoms with Crippen LogP contribution in [0.5, 0.6) is 11.5 Å². The third-order valence-electron chi connectivity index (χ3n) is 12.8. The third-order valence-corrected chi connectivity index (χ3v) is 12.8. The number of anilines is 1. The Balaban J connectivity index is 1.29. The van der Waals surface area contributed by atoms with Crippen molar-refractivity contribution in [3.63, 3.8) is 0 Å². The maximum atomic E-state index is 15.1. The SMILES string of the molecule is COc1ccc(NC(=O)N(Cc2ccc(OC(F)(F)F)cc2)C[C@]2(O)CC[C@H]3c4ccc(cc4C(=O)c4ccccc4-c4ccccc4)C[C@@H](O)CCC(C)=CCC[C@@]32C)cc1. The van der Waals surface area contributed by atoms with E-state index in [2.05, 4.69) is 16.1 Å². The second kappa shape index (κ2) is 18.6. The summed E-state index contributed by atoms with van der Waals surface area (Å²) in [5, 5.41) is 27.3. The van der Waals surface area contributed by atoms with Crippen molar-refractivity contribution in [2.24, 2.45) is 5.41 Å². The molecular weight excluding hydrogens is 794 g/mol. The summed E-state index contributed by atoms with van der Waals surface area (Å²) in [5.41, 5.74) is 4.17. The fourth-order valence-corrected chi connectivity index (χ4v) is 9.30. The molecule has 8 nitrogen and oxygen atoms in total. The highest BCUT2D eigenvalue weighted by Crippen LogP contribution is 2.59. The number of urea groups is 1. The molecule has 0 radical (unpaired) electrons. The second-order valence-corrected chi connectivity index (χ2v) is 16.9. The smallest absolute Gasteiger partial charge is 0.497 e. The zero-order valence-corrected chi connectivity index (χ0v) is 35.3. The maximum Gasteiger partial charge on any atom is 0.573 e. The summed E-state index contributed by atoms with van der Waals surface area (Å²) in [5.74, 6) is -0.268. The molecule has 3 aliphatic rings. The molecule has 4 atom stereocenters. The van der Waals surface area contributed by atoms with Gasteiger partial charge in [0.25, 0.3) is 0 Å². The largest absolute Gasteiger partial charge is 0.573 e. The minimum absolute atomic E-state index is 0.0343. The van der Waals surface area contributed by atoms with Crippen LogP contribution in [-0.4, -0.2) is 58.6 Å². The van der Waals surface area contributed by atoms with E-state index in [1.165, 1.54) is 29.2 Å². The first kappa shape index (κ1) is 44.2. The second-order valence-electron chi connectivity index (χ2n) is 16.9. The molecule has 1 fully saturated rings. The highest BCUT2D eigenvalue weighted by molar-refractivity contribution is 6.14. The highest BCUT2D eigenvalue weighted by atomic mass is 19.4. The molecule has 5 aromatic carbocycles. The van der Waals surface area contributed by atoms with Crippen molar-refractivity contribution in [1.29, 1.82) is 0 Å². The Bertz CT molecular complexity index is 2380. The number of fused-ring (bicyclic) bond motifs is 8. The number of benzene rings is 5. The van der Waals surface area contributed by atoms with Gasteiger partial charge in [0.15, 0.2) is 5.78 Å². The van der Waals surface area contributed by atoms with Gasteiger partial charge in [-0.2, -0.15) is 0 Å². The minimum Gasteiger partial charge on any atom is -0.497 e. The fourth-order valence-electron chi connectivity index (χ4n) is 9.30. The highest BCUT2D eigenvalue weighted by Gasteiger charge is 2.57. The Morgan fingerprint density at radius 1 is 0.855 bits per heavy atom. The van der Waals surface area contributed by atoms with E-state index in [-0.39, 0.29) is 30.5 Å². The van der Waals surface area contributed by atoms with Crippen LogP contribution in [0.2, 0.25) is 0 Å². The van der Waals surface area contributed by atoms with Crippen molar-refractivity contribution in [3.05, 3.63) is 161 Å². The van der Waals surface area contributed by atoms with E-state index in [1.54, 1.807) is 31.4 Å². The molecule has 3 N–H and O–H groups in total. The summed E-state index contributed by atoms with van der Waals surface area (Å²) in [6.45, 7) is 3.94. The lowest BCUT2D eigenvalue weighted by atomic mass is 9.64. The lowest BCUT2D eigenvalue weighted by molar-refractivity contribution is -0.274. The molecule has 62 heavy (non-hydrogen) atoms. The van der Waals surface area contributed by atoms with Gasteiger partial charge >= 0.3 is 12.4 Å². The van der Waals surface area contributed by atoms with Crippen LogP contribution in [0.4, 0.5) is 23.7 Å². The average Bonchev–Trinajstić information content (AvgIpc) is 3.51. The van der Waals surface area contributed by atoms with Crippen molar-refractivity contribution >= 4 is 17.5 Å². The Morgan fingerprint density at radius 3 is 2.26 bits per heavy atom. The Kier molecular flexibility index (Phi) is 13.2. The van der Waals surface area contributed by atoms with Gasteiger partial charge in [0.2, 0.25) is 0 Å². The van der Waals surface area contributed by atoms with E-state index in [0.717, 1.165) is 27.8 Å². The summed E-state index contributed by atoms with van der Waals surface area (Å²) in [6.07, 6.45) is 0.241. The molecular formula is C51H53F3N2O6. The molecule has 5 aromatic rings. The molecule has 0 saturated heterocycles. The molecule has 0 spiro atoms. The van der Waals surface area contributed by atoms with Crippen LogP contribution in [0.1, 0.15) is 90.9 Å². The number of rotatable bonds is 10. The lowest BCUT2D eigenvalue weighted by Crippen LogP contribution is -2.54. The zero-order chi connectivity index (χ0) is 44.1. The number of aliphatic hydroxyl groups is 2. The molecule has 11 heteroatoms. The first-order chi connectivity index (χ1) is 29.6. The summed E-state index contributed by atoms with van der Waals surface area (Å²) < 4.78 is 48.4. The molecule has 1 saturated carbocycles. The van der Waals surface area contributed by atoms with Gasteiger partial charge in [0.1, 0.15) is 11.5 Å². The van der Waals surface area contributed by atoms with E-state index in [0.29, 0.717) is 73.1 Å². The summed E-state index contributed by atoms with van der Waals surface area (Å²) >= 11 is 0. The number of hydrogen-bond donors (Lipinski definition) is 3. The predicted octanol–water partition coefficient (Wildman–Crippen LogP) is 11.3. The van der Waals surface area contributed by atoms with Crippen LogP contribution in [0.25, 0.3) is 11.1 Å². The van der Waals surface area contributed by atoms with Gasteiger partial charge in [-0.05, 0) is 128 Å². The molecule has 3 aliphatic carbocycles. The number of amides is 2. The number of ether oxygens (including phenoxy) is 2. The van der Waals surface area contributed by atoms with Crippen LogP contribution in [-0.2, 0) is 13.0 Å². The molecule has 8 rings (SSSR count). The number of carbonyl (C=O) groups excluding carboxylic acids is 2. The van der Waals surface area contributed by atoms with E-state index < -0.39 is 29.5 Å². The minimum atomic E-state index is -4.86. The fraction of sp³-hybridized carbons (Fsp3) is 0.333. The lowest BCUT2D eigenvalue weighted by Gasteiger charge is -2.46. The first-order valence-electron chi connectivity index (χ1n) is 21.1. The molecule has 2 amide bonds. The standard InChI is InChI=1S/C51H53F3N2O6/c1-34-10-9-28-49(2)46(43-26-18-36(30-39(57)21-15-34)31-45(43)47(58)44-14-8-7-13-42(44)37-11-5-4-6-12-37)27-29-50(49,60)33-56(48(59)55-38-19-24-40(61-3)25-20-38)32-35-16-22-41(23-17-35)62-51(52,53)54/h4-8,10-14,16-20,22-26,31,39,46,57,60H,9,15,21,27-30,32-33H2,1-3H3,(H,55,59)/t39-,46-,49-,50+/m0/s1. The van der Waals surface area contributed by atoms with E-state index >= 15 is 4.79 Å². The number of methoxy groups -OCH3 is 1. The normalized spacial score (nSPS) is 21.6. The van der Waals surface area contributed by atoms with Gasteiger partial charge in [0, 0.05) is 28.8 Å². The number of carbonyl (C=O) groups is 2. The molecule has 0 heterocycles. The Hall–Kier alpha value is -5.91. The van der Waals surface area contributed by atoms with E-state index in [9.17, 15) is 28.2 Å². The number of halogens is 3. The topological polar surface area (TPSA) is 108 Å². The zero-order valence-electron chi connectivity index (χ0n) is 35.3. The van der Waals surface area contributed by atoms with Crippen molar-refractivity contribution in [2.45, 2.75) is 89.3 Å². The van der Waals surface area contributed by atoms with Crippen molar-refractivity contribution < 1.29 is 42.4 Å². The number of hydrogen-bond acceptors (Lipinski definition) is 6. The quantitative estimate of drug-likeness (QED) is 0.0954. The van der Waals surface area contributed by atoms with Gasteiger partial charge in [-0.1, -0.05) is 97.4 Å². The number of nitrogens with one attached hydrogen (secondary N) is 1. The summed E-state index contributed by atoms with van der Waals surface area (Å²) in [6, 6.07) is 34.8. The van der Waals surface area contributed by atoms with E-state index in [4.69, 9.17) is 4.74 Å². The van der Waals surface area contributed by atoms with Gasteiger partial charge < -0.3 is 29.9 Å². The predicted molar refractivity (Wildman–Crippen MR) is 234 cm³/mol. The van der Waals surface area contributed by atoms with Gasteiger partial charge in [-0.15, -0.1) is 13.2 Å². The number of nitrogens with zero attached hydrogens (tertiary/aromatic N) is 1. The first-order valence-corrected chi connectivity index (χ1v) is 21.1. The van der Waals surface area contributed by atoms with Crippen LogP contribution in [0, 0.1) is 5.41 Å². The van der Waals surface area contributed by atoms with E-state index in [1.807, 2.05) is 86.6 Å². The molecule has 0 unspecified atom stereocenters. The van der Waals surface area contributed by atoms with Crippen LogP contribution < -0.4 is 14.8 Å². The van der Waals surface area contributed by atoms with Crippen molar-refractivity contribution in [3.8, 4) is 22.6 Å². The number of ketones is 1. The van der Waals surface area contributed by atoms with Crippen molar-refractivity contribution in [2.75, 3.05) is 19.0 Å². The summed E-state index contributed by atoms with van der Waals surface area (Å²) in [4.78, 5) is 30.9. The van der Waals surface area contributed by atoms with Gasteiger partial charge in [0.05, 0.1) is 25.4 Å². The number of aliphatic hydroxyl groups excluding tert-OH is 1. The molecule has 324 valence electrons.